The highest BCUT2D eigenvalue weighted by atomic mass is 15.0. The molecule has 0 radical (unpaired) electrons. The molecule has 0 aliphatic carbocycles. The van der Waals surface area contributed by atoms with E-state index in [1.54, 1.807) is 0 Å². The van der Waals surface area contributed by atoms with E-state index < -0.39 is 0 Å². The number of fused-ring (bicyclic) bond motifs is 7. The number of para-hydroxylation sites is 1. The summed E-state index contributed by atoms with van der Waals surface area (Å²) in [5, 5.41) is 11.0. The number of hydrogen-bond donors (Lipinski definition) is 0. The molecule has 11 rings (SSSR count). The second-order valence-corrected chi connectivity index (χ2v) is 13.8. The van der Waals surface area contributed by atoms with Gasteiger partial charge in [0.05, 0.1) is 16.9 Å². The molecule has 3 heterocycles. The molecule has 3 aromatic heterocycles. The van der Waals surface area contributed by atoms with Crippen molar-refractivity contribution >= 4 is 59.6 Å². The molecule has 0 fully saturated rings. The summed E-state index contributed by atoms with van der Waals surface area (Å²) in [4.78, 5) is 10.1. The lowest BCUT2D eigenvalue weighted by atomic mass is 9.84. The quantitative estimate of drug-likeness (QED) is 0.174. The van der Waals surface area contributed by atoms with Gasteiger partial charge in [-0.1, -0.05) is 133 Å². The van der Waals surface area contributed by atoms with Crippen molar-refractivity contribution < 1.29 is 0 Å². The third-order valence-electron chi connectivity index (χ3n) is 10.8. The molecule has 0 unspecified atom stereocenters. The highest BCUT2D eigenvalue weighted by molar-refractivity contribution is 6.22. The van der Waals surface area contributed by atoms with Crippen LogP contribution in [-0.2, 0) is 0 Å². The topological polar surface area (TPSA) is 30.2 Å². The monoisotopic (exact) mass is 673 g/mol. The van der Waals surface area contributed by atoms with Gasteiger partial charge in [0.2, 0.25) is 0 Å². The normalized spacial score (nSPS) is 11.8. The highest BCUT2D eigenvalue weighted by Gasteiger charge is 2.22. The molecule has 0 spiro atoms. The van der Waals surface area contributed by atoms with E-state index in [0.717, 1.165) is 39.2 Å². The van der Waals surface area contributed by atoms with Crippen molar-refractivity contribution in [2.24, 2.45) is 0 Å². The first kappa shape index (κ1) is 29.6. The Morgan fingerprint density at radius 3 is 1.60 bits per heavy atom. The predicted octanol–water partition coefficient (Wildman–Crippen LogP) is 13.2. The fraction of sp³-hybridized carbons (Fsp3) is 0. The number of rotatable bonds is 4. The summed E-state index contributed by atoms with van der Waals surface area (Å²) in [6, 6.07) is 65.8. The van der Waals surface area contributed by atoms with Crippen LogP contribution in [0.4, 0.5) is 0 Å². The lowest BCUT2D eigenvalue weighted by Gasteiger charge is -2.19. The van der Waals surface area contributed by atoms with E-state index in [2.05, 4.69) is 174 Å². The molecule has 0 aliphatic rings. The lowest BCUT2D eigenvalue weighted by Crippen LogP contribution is -1.95. The van der Waals surface area contributed by atoms with Crippen LogP contribution in [0, 0.1) is 0 Å². The van der Waals surface area contributed by atoms with E-state index in [4.69, 9.17) is 9.97 Å². The van der Waals surface area contributed by atoms with Crippen molar-refractivity contribution in [3.8, 4) is 44.9 Å². The van der Waals surface area contributed by atoms with Crippen LogP contribution in [0.1, 0.15) is 0 Å². The van der Waals surface area contributed by atoms with Crippen LogP contribution in [0.2, 0.25) is 0 Å². The number of benzene rings is 8. The average Bonchev–Trinajstić information content (AvgIpc) is 3.63. The average molecular weight is 674 g/mol. The van der Waals surface area contributed by atoms with Crippen LogP contribution in [-0.4, -0.2) is 14.4 Å². The molecule has 0 aliphatic heterocycles. The van der Waals surface area contributed by atoms with Gasteiger partial charge in [-0.3, -0.25) is 9.38 Å². The largest absolute Gasteiger partial charge is 0.292 e. The fourth-order valence-electron chi connectivity index (χ4n) is 8.37. The molecule has 8 aromatic carbocycles. The van der Waals surface area contributed by atoms with Crippen molar-refractivity contribution in [2.75, 3.05) is 0 Å². The Labute approximate surface area is 306 Å². The Morgan fingerprint density at radius 1 is 0.377 bits per heavy atom. The second-order valence-electron chi connectivity index (χ2n) is 13.8. The molecule has 3 nitrogen and oxygen atoms in total. The van der Waals surface area contributed by atoms with E-state index in [1.165, 1.54) is 65.3 Å². The summed E-state index contributed by atoms with van der Waals surface area (Å²) in [6.07, 6.45) is 1.85. The molecule has 246 valence electrons. The van der Waals surface area contributed by atoms with Gasteiger partial charge >= 0.3 is 0 Å². The summed E-state index contributed by atoms with van der Waals surface area (Å²) in [5.41, 5.74) is 10.7. The summed E-state index contributed by atoms with van der Waals surface area (Å²) >= 11 is 0. The third-order valence-corrected chi connectivity index (χ3v) is 10.8. The first-order valence-electron chi connectivity index (χ1n) is 18.1. The van der Waals surface area contributed by atoms with Gasteiger partial charge in [0.25, 0.3) is 0 Å². The smallest absolute Gasteiger partial charge is 0.138 e. The maximum absolute atomic E-state index is 5.25. The van der Waals surface area contributed by atoms with E-state index in [9.17, 15) is 0 Å². The van der Waals surface area contributed by atoms with Gasteiger partial charge in [-0.05, 0) is 119 Å². The van der Waals surface area contributed by atoms with Crippen molar-refractivity contribution in [2.45, 2.75) is 0 Å². The minimum absolute atomic E-state index is 0.848. The maximum atomic E-state index is 5.25. The van der Waals surface area contributed by atoms with E-state index in [0.29, 0.717) is 0 Å². The van der Waals surface area contributed by atoms with Crippen molar-refractivity contribution in [1.82, 2.24) is 14.4 Å². The molecular formula is C50H31N3. The van der Waals surface area contributed by atoms with E-state index in [1.807, 2.05) is 18.3 Å². The molecule has 0 bridgehead atoms. The summed E-state index contributed by atoms with van der Waals surface area (Å²) in [7, 11) is 0. The predicted molar refractivity (Wildman–Crippen MR) is 222 cm³/mol. The minimum atomic E-state index is 0.848. The number of aromatic nitrogens is 3. The minimum Gasteiger partial charge on any atom is -0.292 e. The van der Waals surface area contributed by atoms with Gasteiger partial charge in [-0.2, -0.15) is 0 Å². The molecule has 0 saturated carbocycles. The van der Waals surface area contributed by atoms with Crippen LogP contribution in [0.3, 0.4) is 0 Å². The molecule has 0 saturated heterocycles. The van der Waals surface area contributed by atoms with Crippen LogP contribution >= 0.6 is 0 Å². The Morgan fingerprint density at radius 2 is 0.925 bits per heavy atom. The lowest BCUT2D eigenvalue weighted by molar-refractivity contribution is 1.26. The van der Waals surface area contributed by atoms with Gasteiger partial charge in [0, 0.05) is 11.8 Å². The van der Waals surface area contributed by atoms with Gasteiger partial charge in [-0.15, -0.1) is 0 Å². The van der Waals surface area contributed by atoms with Crippen LogP contribution in [0.15, 0.2) is 188 Å². The standard InChI is InChI=1S/C50H31N3/c1-3-14-35-29-37(22-20-32(35)11-1)47-40-16-6-7-17-41(40)48(38-23-21-33-12-2-4-15-36(33)30-38)43-31-39(24-26-42(43)47)50-49(44-18-9-10-28-51-44)52-46-27-25-34-13-5-8-19-45(34)53(46)50/h1-31H. The van der Waals surface area contributed by atoms with Gasteiger partial charge in [0.15, 0.2) is 0 Å². The molecule has 0 amide bonds. The molecule has 3 heteroatoms. The number of pyridine rings is 2. The van der Waals surface area contributed by atoms with Crippen LogP contribution in [0.25, 0.3) is 105 Å². The third kappa shape index (κ3) is 4.68. The zero-order valence-electron chi connectivity index (χ0n) is 28.7. The van der Waals surface area contributed by atoms with Crippen molar-refractivity contribution in [1.29, 1.82) is 0 Å². The Hall–Kier alpha value is -7.10. The second kappa shape index (κ2) is 11.7. The Bertz CT molecular complexity index is 3230. The number of hydrogen-bond acceptors (Lipinski definition) is 2. The summed E-state index contributed by atoms with van der Waals surface area (Å²) < 4.78 is 2.31. The molecule has 11 aromatic rings. The number of imidazole rings is 1. The Kier molecular flexibility index (Phi) is 6.55. The first-order valence-corrected chi connectivity index (χ1v) is 18.1. The van der Waals surface area contributed by atoms with Crippen molar-refractivity contribution in [3.05, 3.63) is 188 Å². The van der Waals surface area contributed by atoms with E-state index in [-0.39, 0.29) is 0 Å². The van der Waals surface area contributed by atoms with Crippen LogP contribution in [0.5, 0.6) is 0 Å². The fourth-order valence-corrected chi connectivity index (χ4v) is 8.37. The summed E-state index contributed by atoms with van der Waals surface area (Å²) in [6.45, 7) is 0. The molecular weight excluding hydrogens is 643 g/mol. The Balaban J connectivity index is 1.29. The first-order chi connectivity index (χ1) is 26.3. The SMILES string of the molecule is c1ccc(-c2nc3ccc4ccccc4n3c2-c2ccc3c(-c4ccc5ccccc5c4)c4ccccc4c(-c4ccc5ccccc5c4)c3c2)nc1. The van der Waals surface area contributed by atoms with Gasteiger partial charge in [0.1, 0.15) is 11.3 Å². The summed E-state index contributed by atoms with van der Waals surface area (Å²) in [5.74, 6) is 0. The maximum Gasteiger partial charge on any atom is 0.138 e. The zero-order chi connectivity index (χ0) is 34.9. The van der Waals surface area contributed by atoms with Gasteiger partial charge in [-0.25, -0.2) is 4.98 Å². The number of nitrogens with zero attached hydrogens (tertiary/aromatic N) is 3. The highest BCUT2D eigenvalue weighted by Crippen LogP contribution is 2.46. The van der Waals surface area contributed by atoms with Crippen LogP contribution < -0.4 is 0 Å². The molecule has 0 atom stereocenters. The van der Waals surface area contributed by atoms with Crippen molar-refractivity contribution in [3.63, 3.8) is 0 Å². The van der Waals surface area contributed by atoms with E-state index >= 15 is 0 Å². The zero-order valence-corrected chi connectivity index (χ0v) is 28.7. The molecule has 53 heavy (non-hydrogen) atoms. The van der Waals surface area contributed by atoms with Gasteiger partial charge < -0.3 is 0 Å². The molecule has 0 N–H and O–H groups in total.